The molecule has 2 aromatic rings. The summed E-state index contributed by atoms with van der Waals surface area (Å²) in [5, 5.41) is 0. The van der Waals surface area contributed by atoms with Crippen LogP contribution in [0.4, 0.5) is 11.8 Å². The third-order valence-electron chi connectivity index (χ3n) is 2.11. The predicted octanol–water partition coefficient (Wildman–Crippen LogP) is 1.45. The smallest absolute Gasteiger partial charge is 0.226 e. The molecule has 6 heteroatoms. The van der Waals surface area contributed by atoms with Gasteiger partial charge in [0.1, 0.15) is 11.6 Å². The highest BCUT2D eigenvalue weighted by atomic mass is 16.5. The minimum absolute atomic E-state index is 0.0996. The zero-order valence-corrected chi connectivity index (χ0v) is 9.34. The van der Waals surface area contributed by atoms with E-state index in [4.69, 9.17) is 16.3 Å². The lowest BCUT2D eigenvalue weighted by Crippen LogP contribution is -2.10. The summed E-state index contributed by atoms with van der Waals surface area (Å²) in [4.78, 5) is 7.81. The molecule has 1 aromatic carbocycles. The van der Waals surface area contributed by atoms with E-state index in [9.17, 15) is 0 Å². The van der Waals surface area contributed by atoms with Crippen LogP contribution < -0.4 is 21.7 Å². The second-order valence-corrected chi connectivity index (χ2v) is 3.51. The summed E-state index contributed by atoms with van der Waals surface area (Å²) in [5.74, 6) is 6.77. The fourth-order valence-electron chi connectivity index (χ4n) is 1.30. The van der Waals surface area contributed by atoms with Crippen molar-refractivity contribution in [3.05, 3.63) is 35.9 Å². The first-order chi connectivity index (χ1) is 8.17. The average Bonchev–Trinajstić information content (AvgIpc) is 2.31. The lowest BCUT2D eigenvalue weighted by Gasteiger charge is -2.07. The SMILES string of the molecule is Cc1ccc(Oc2cc(NN)nc(N)n2)cc1. The Morgan fingerprint density at radius 2 is 1.88 bits per heavy atom. The summed E-state index contributed by atoms with van der Waals surface area (Å²) in [7, 11) is 0. The number of hydrogen-bond donors (Lipinski definition) is 3. The van der Waals surface area contributed by atoms with E-state index in [2.05, 4.69) is 15.4 Å². The number of anilines is 2. The number of ether oxygens (including phenoxy) is 1. The van der Waals surface area contributed by atoms with Gasteiger partial charge in [-0.05, 0) is 19.1 Å². The molecule has 0 amide bonds. The van der Waals surface area contributed by atoms with Crippen LogP contribution in [0.1, 0.15) is 5.56 Å². The Hall–Kier alpha value is -2.34. The molecular weight excluding hydrogens is 218 g/mol. The Morgan fingerprint density at radius 1 is 1.18 bits per heavy atom. The third-order valence-corrected chi connectivity index (χ3v) is 2.11. The maximum Gasteiger partial charge on any atom is 0.226 e. The van der Waals surface area contributed by atoms with Crippen LogP contribution in [0.2, 0.25) is 0 Å². The molecule has 0 radical (unpaired) electrons. The van der Waals surface area contributed by atoms with Gasteiger partial charge in [0.05, 0.1) is 0 Å². The first kappa shape index (κ1) is 11.2. The van der Waals surface area contributed by atoms with Crippen molar-refractivity contribution < 1.29 is 4.74 Å². The molecule has 1 aromatic heterocycles. The van der Waals surface area contributed by atoms with Gasteiger partial charge in [0.15, 0.2) is 0 Å². The Morgan fingerprint density at radius 3 is 2.53 bits per heavy atom. The molecule has 5 N–H and O–H groups in total. The topological polar surface area (TPSA) is 99.1 Å². The largest absolute Gasteiger partial charge is 0.439 e. The van der Waals surface area contributed by atoms with E-state index in [-0.39, 0.29) is 5.95 Å². The number of aryl methyl sites for hydroxylation is 1. The average molecular weight is 231 g/mol. The number of hydrogen-bond acceptors (Lipinski definition) is 6. The van der Waals surface area contributed by atoms with Crippen LogP contribution in [-0.4, -0.2) is 9.97 Å². The van der Waals surface area contributed by atoms with Gasteiger partial charge in [0.25, 0.3) is 0 Å². The molecule has 1 heterocycles. The van der Waals surface area contributed by atoms with Gasteiger partial charge in [0, 0.05) is 6.07 Å². The van der Waals surface area contributed by atoms with Crippen molar-refractivity contribution >= 4 is 11.8 Å². The maximum atomic E-state index is 5.53. The predicted molar refractivity (Wildman–Crippen MR) is 65.5 cm³/mol. The first-order valence-corrected chi connectivity index (χ1v) is 5.03. The number of benzene rings is 1. The van der Waals surface area contributed by atoms with Crippen LogP contribution in [0.25, 0.3) is 0 Å². The van der Waals surface area contributed by atoms with Crippen molar-refractivity contribution in [1.29, 1.82) is 0 Å². The molecule has 0 unspecified atom stereocenters. The Bertz CT molecular complexity index is 512. The normalized spacial score (nSPS) is 10.0. The third kappa shape index (κ3) is 2.82. The number of nitrogen functional groups attached to an aromatic ring is 2. The van der Waals surface area contributed by atoms with Crippen molar-refractivity contribution in [2.75, 3.05) is 11.2 Å². The van der Waals surface area contributed by atoms with Crippen molar-refractivity contribution in [2.24, 2.45) is 5.84 Å². The fraction of sp³-hybridized carbons (Fsp3) is 0.0909. The van der Waals surface area contributed by atoms with Gasteiger partial charge in [-0.3, -0.25) is 0 Å². The van der Waals surface area contributed by atoms with Crippen LogP contribution >= 0.6 is 0 Å². The van der Waals surface area contributed by atoms with Crippen LogP contribution in [0.5, 0.6) is 11.6 Å². The van der Waals surface area contributed by atoms with E-state index >= 15 is 0 Å². The van der Waals surface area contributed by atoms with Crippen molar-refractivity contribution in [3.63, 3.8) is 0 Å². The fourth-order valence-corrected chi connectivity index (χ4v) is 1.30. The summed E-state index contributed by atoms with van der Waals surface area (Å²) < 4.78 is 5.53. The number of aromatic nitrogens is 2. The highest BCUT2D eigenvalue weighted by Crippen LogP contribution is 2.22. The highest BCUT2D eigenvalue weighted by Gasteiger charge is 2.03. The summed E-state index contributed by atoms with van der Waals surface area (Å²) >= 11 is 0. The first-order valence-electron chi connectivity index (χ1n) is 5.03. The van der Waals surface area contributed by atoms with Gasteiger partial charge in [-0.2, -0.15) is 9.97 Å². The molecule has 0 fully saturated rings. The Balaban J connectivity index is 2.23. The number of nitrogens with zero attached hydrogens (tertiary/aromatic N) is 2. The number of hydrazine groups is 1. The molecule has 88 valence electrons. The van der Waals surface area contributed by atoms with Gasteiger partial charge in [-0.25, -0.2) is 5.84 Å². The Labute approximate surface area is 98.6 Å². The molecule has 17 heavy (non-hydrogen) atoms. The molecule has 0 aliphatic rings. The van der Waals surface area contributed by atoms with Crippen LogP contribution in [0, 0.1) is 6.92 Å². The minimum atomic E-state index is 0.0996. The van der Waals surface area contributed by atoms with E-state index in [1.165, 1.54) is 0 Å². The molecule has 6 nitrogen and oxygen atoms in total. The van der Waals surface area contributed by atoms with Crippen molar-refractivity contribution in [3.8, 4) is 11.6 Å². The molecular formula is C11H13N5O. The quantitative estimate of drug-likeness (QED) is 0.546. The molecule has 0 aliphatic carbocycles. The van der Waals surface area contributed by atoms with Gasteiger partial charge in [0.2, 0.25) is 11.8 Å². The van der Waals surface area contributed by atoms with Crippen molar-refractivity contribution in [2.45, 2.75) is 6.92 Å². The Kier molecular flexibility index (Phi) is 3.06. The van der Waals surface area contributed by atoms with Crippen LogP contribution in [0.15, 0.2) is 30.3 Å². The second-order valence-electron chi connectivity index (χ2n) is 3.51. The summed E-state index contributed by atoms with van der Waals surface area (Å²) in [6, 6.07) is 9.16. The van der Waals surface area contributed by atoms with E-state index in [0.717, 1.165) is 5.56 Å². The molecule has 0 atom stereocenters. The molecule has 0 saturated heterocycles. The summed E-state index contributed by atoms with van der Waals surface area (Å²) in [5.41, 5.74) is 9.06. The molecule has 0 aliphatic heterocycles. The van der Waals surface area contributed by atoms with Gasteiger partial charge in [-0.1, -0.05) is 17.7 Å². The minimum Gasteiger partial charge on any atom is -0.439 e. The highest BCUT2D eigenvalue weighted by molar-refractivity contribution is 5.43. The van der Waals surface area contributed by atoms with E-state index < -0.39 is 0 Å². The number of nitrogens with one attached hydrogen (secondary N) is 1. The van der Waals surface area contributed by atoms with E-state index in [0.29, 0.717) is 17.4 Å². The molecule has 2 rings (SSSR count). The van der Waals surface area contributed by atoms with Gasteiger partial charge >= 0.3 is 0 Å². The lowest BCUT2D eigenvalue weighted by atomic mass is 10.2. The van der Waals surface area contributed by atoms with E-state index in [1.807, 2.05) is 31.2 Å². The van der Waals surface area contributed by atoms with E-state index in [1.54, 1.807) is 6.07 Å². The summed E-state index contributed by atoms with van der Waals surface area (Å²) in [6.07, 6.45) is 0. The summed E-state index contributed by atoms with van der Waals surface area (Å²) in [6.45, 7) is 2.00. The molecule has 0 saturated carbocycles. The molecule has 0 spiro atoms. The number of nitrogens with two attached hydrogens (primary N) is 2. The number of rotatable bonds is 3. The lowest BCUT2D eigenvalue weighted by molar-refractivity contribution is 0.463. The van der Waals surface area contributed by atoms with Gasteiger partial charge in [-0.15, -0.1) is 0 Å². The van der Waals surface area contributed by atoms with Crippen LogP contribution in [0.3, 0.4) is 0 Å². The monoisotopic (exact) mass is 231 g/mol. The second kappa shape index (κ2) is 4.67. The van der Waals surface area contributed by atoms with Crippen LogP contribution in [-0.2, 0) is 0 Å². The van der Waals surface area contributed by atoms with Crippen molar-refractivity contribution in [1.82, 2.24) is 9.97 Å². The zero-order valence-electron chi connectivity index (χ0n) is 9.34. The zero-order chi connectivity index (χ0) is 12.3. The molecule has 0 bridgehead atoms. The standard InChI is InChI=1S/C11H13N5O/c1-7-2-4-8(5-3-7)17-10-6-9(16-13)14-11(12)15-10/h2-6H,13H2,1H3,(H3,12,14,15,16). The van der Waals surface area contributed by atoms with Gasteiger partial charge < -0.3 is 15.9 Å². The maximum absolute atomic E-state index is 5.53.